The van der Waals surface area contributed by atoms with Gasteiger partial charge >= 0.3 is 6.18 Å². The van der Waals surface area contributed by atoms with Gasteiger partial charge < -0.3 is 15.2 Å². The summed E-state index contributed by atoms with van der Waals surface area (Å²) in [5, 5.41) is 0. The normalized spacial score (nSPS) is 11.9. The van der Waals surface area contributed by atoms with Crippen LogP contribution >= 0.6 is 0 Å². The molecule has 6 heteroatoms. The molecule has 0 atom stereocenters. The van der Waals surface area contributed by atoms with Gasteiger partial charge in [-0.05, 0) is 44.5 Å². The first kappa shape index (κ1) is 16.8. The Morgan fingerprint density at radius 2 is 1.90 bits per heavy atom. The van der Waals surface area contributed by atoms with Crippen LogP contribution in [0.15, 0.2) is 18.2 Å². The number of alkyl halides is 3. The average molecular weight is 291 g/mol. The molecule has 0 unspecified atom stereocenters. The second-order valence-corrected chi connectivity index (χ2v) is 4.63. The molecule has 20 heavy (non-hydrogen) atoms. The van der Waals surface area contributed by atoms with Gasteiger partial charge in [-0.15, -0.1) is 0 Å². The van der Waals surface area contributed by atoms with Gasteiger partial charge in [0, 0.05) is 0 Å². The fourth-order valence-corrected chi connectivity index (χ4v) is 1.68. The first-order valence-corrected chi connectivity index (χ1v) is 6.49. The predicted molar refractivity (Wildman–Crippen MR) is 70.8 cm³/mol. The summed E-state index contributed by atoms with van der Waals surface area (Å²) in [6.45, 7) is 4.34. The first-order valence-electron chi connectivity index (χ1n) is 6.49. The van der Waals surface area contributed by atoms with Crippen molar-refractivity contribution in [3.63, 3.8) is 0 Å². The van der Waals surface area contributed by atoms with Gasteiger partial charge in [0.25, 0.3) is 0 Å². The molecule has 0 spiro atoms. The van der Waals surface area contributed by atoms with Crippen molar-refractivity contribution >= 4 is 0 Å². The molecule has 0 saturated carbocycles. The molecule has 0 aliphatic rings. The molecule has 0 radical (unpaired) electrons. The largest absolute Gasteiger partial charge is 0.491 e. The SMILES string of the molecule is CC(C)OCCOc1ccc(CCN)cc1C(F)(F)F. The minimum Gasteiger partial charge on any atom is -0.491 e. The average Bonchev–Trinajstić information content (AvgIpc) is 2.34. The molecule has 1 rings (SSSR count). The van der Waals surface area contributed by atoms with Crippen LogP contribution in [0.4, 0.5) is 13.2 Å². The Morgan fingerprint density at radius 3 is 2.45 bits per heavy atom. The van der Waals surface area contributed by atoms with Gasteiger partial charge in [-0.25, -0.2) is 0 Å². The third-order valence-electron chi connectivity index (χ3n) is 2.57. The van der Waals surface area contributed by atoms with Crippen molar-refractivity contribution in [3.8, 4) is 5.75 Å². The van der Waals surface area contributed by atoms with Gasteiger partial charge in [0.2, 0.25) is 0 Å². The molecule has 0 aliphatic carbocycles. The van der Waals surface area contributed by atoms with Crippen LogP contribution in [0.2, 0.25) is 0 Å². The lowest BCUT2D eigenvalue weighted by molar-refractivity contribution is -0.139. The zero-order valence-electron chi connectivity index (χ0n) is 11.7. The van der Waals surface area contributed by atoms with E-state index in [-0.39, 0.29) is 25.1 Å². The van der Waals surface area contributed by atoms with Crippen molar-refractivity contribution < 1.29 is 22.6 Å². The van der Waals surface area contributed by atoms with Crippen LogP contribution in [-0.4, -0.2) is 25.9 Å². The molecule has 0 heterocycles. The summed E-state index contributed by atoms with van der Waals surface area (Å²) < 4.78 is 49.3. The van der Waals surface area contributed by atoms with Crippen LogP contribution in [0.1, 0.15) is 25.0 Å². The van der Waals surface area contributed by atoms with Crippen molar-refractivity contribution in [2.75, 3.05) is 19.8 Å². The fraction of sp³-hybridized carbons (Fsp3) is 0.571. The smallest absolute Gasteiger partial charge is 0.419 e. The van der Waals surface area contributed by atoms with Gasteiger partial charge in [0.05, 0.1) is 18.3 Å². The van der Waals surface area contributed by atoms with E-state index in [9.17, 15) is 13.2 Å². The topological polar surface area (TPSA) is 44.5 Å². The van der Waals surface area contributed by atoms with Crippen molar-refractivity contribution in [3.05, 3.63) is 29.3 Å². The molecule has 114 valence electrons. The van der Waals surface area contributed by atoms with E-state index >= 15 is 0 Å². The van der Waals surface area contributed by atoms with Gasteiger partial charge in [0.1, 0.15) is 12.4 Å². The molecule has 0 bridgehead atoms. The zero-order valence-corrected chi connectivity index (χ0v) is 11.7. The van der Waals surface area contributed by atoms with Crippen molar-refractivity contribution in [2.45, 2.75) is 32.5 Å². The highest BCUT2D eigenvalue weighted by molar-refractivity contribution is 5.39. The molecule has 0 aliphatic heterocycles. The fourth-order valence-electron chi connectivity index (χ4n) is 1.68. The van der Waals surface area contributed by atoms with E-state index in [1.165, 1.54) is 6.07 Å². The summed E-state index contributed by atoms with van der Waals surface area (Å²) >= 11 is 0. The maximum Gasteiger partial charge on any atom is 0.419 e. The summed E-state index contributed by atoms with van der Waals surface area (Å²) in [5.74, 6) is -0.175. The Morgan fingerprint density at radius 1 is 1.20 bits per heavy atom. The second-order valence-electron chi connectivity index (χ2n) is 4.63. The molecular weight excluding hydrogens is 271 g/mol. The molecule has 0 amide bonds. The second kappa shape index (κ2) is 7.50. The van der Waals surface area contributed by atoms with Crippen LogP contribution in [0.5, 0.6) is 5.75 Å². The lowest BCUT2D eigenvalue weighted by Gasteiger charge is -2.16. The molecule has 1 aromatic carbocycles. The minimum atomic E-state index is -4.45. The molecule has 3 nitrogen and oxygen atoms in total. The number of nitrogens with two attached hydrogens (primary N) is 1. The number of benzene rings is 1. The number of hydrogen-bond donors (Lipinski definition) is 1. The van der Waals surface area contributed by atoms with Gasteiger partial charge in [0.15, 0.2) is 0 Å². The van der Waals surface area contributed by atoms with Gasteiger partial charge in [-0.2, -0.15) is 13.2 Å². The molecule has 2 N–H and O–H groups in total. The number of hydrogen-bond acceptors (Lipinski definition) is 3. The summed E-state index contributed by atoms with van der Waals surface area (Å²) in [5.41, 5.74) is 5.13. The minimum absolute atomic E-state index is 0.0209. The summed E-state index contributed by atoms with van der Waals surface area (Å²) in [4.78, 5) is 0. The van der Waals surface area contributed by atoms with E-state index in [2.05, 4.69) is 0 Å². The van der Waals surface area contributed by atoms with E-state index in [0.29, 0.717) is 18.5 Å². The maximum atomic E-state index is 13.0. The van der Waals surface area contributed by atoms with E-state index in [1.54, 1.807) is 6.07 Å². The van der Waals surface area contributed by atoms with Crippen LogP contribution < -0.4 is 10.5 Å². The maximum absolute atomic E-state index is 13.0. The van der Waals surface area contributed by atoms with Gasteiger partial charge in [-0.3, -0.25) is 0 Å². The summed E-state index contributed by atoms with van der Waals surface area (Å²) in [7, 11) is 0. The Hall–Kier alpha value is -1.27. The lowest BCUT2D eigenvalue weighted by atomic mass is 10.1. The Labute approximate surface area is 116 Å². The van der Waals surface area contributed by atoms with Gasteiger partial charge in [-0.1, -0.05) is 6.07 Å². The zero-order chi connectivity index (χ0) is 15.2. The van der Waals surface area contributed by atoms with Crippen molar-refractivity contribution in [2.24, 2.45) is 5.73 Å². The molecule has 0 aromatic heterocycles. The number of ether oxygens (including phenoxy) is 2. The lowest BCUT2D eigenvalue weighted by Crippen LogP contribution is -2.15. The van der Waals surface area contributed by atoms with Crippen LogP contribution in [0.25, 0.3) is 0 Å². The molecule has 0 fully saturated rings. The van der Waals surface area contributed by atoms with E-state index in [0.717, 1.165) is 6.07 Å². The Balaban J connectivity index is 2.78. The van der Waals surface area contributed by atoms with E-state index < -0.39 is 11.7 Å². The molecular formula is C14H20F3NO2. The summed E-state index contributed by atoms with van der Waals surface area (Å²) in [6.07, 6.45) is -4.02. The van der Waals surface area contributed by atoms with Crippen LogP contribution in [0.3, 0.4) is 0 Å². The third kappa shape index (κ3) is 5.38. The number of rotatable bonds is 7. The number of halogens is 3. The Bertz CT molecular complexity index is 419. The molecule has 1 aromatic rings. The third-order valence-corrected chi connectivity index (χ3v) is 2.57. The van der Waals surface area contributed by atoms with Crippen LogP contribution in [-0.2, 0) is 17.3 Å². The monoisotopic (exact) mass is 291 g/mol. The highest BCUT2D eigenvalue weighted by Gasteiger charge is 2.34. The standard InChI is InChI=1S/C14H20F3NO2/c1-10(2)19-7-8-20-13-4-3-11(5-6-18)9-12(13)14(15,16)17/h3-4,9-10H,5-8,18H2,1-2H3. The van der Waals surface area contributed by atoms with Crippen molar-refractivity contribution in [1.29, 1.82) is 0 Å². The highest BCUT2D eigenvalue weighted by Crippen LogP contribution is 2.36. The van der Waals surface area contributed by atoms with Crippen LogP contribution in [0, 0.1) is 0 Å². The summed E-state index contributed by atoms with van der Waals surface area (Å²) in [6, 6.07) is 4.02. The van der Waals surface area contributed by atoms with Crippen molar-refractivity contribution in [1.82, 2.24) is 0 Å². The predicted octanol–water partition coefficient (Wildman–Crippen LogP) is 3.01. The highest BCUT2D eigenvalue weighted by atomic mass is 19.4. The van der Waals surface area contributed by atoms with E-state index in [1.807, 2.05) is 13.8 Å². The quantitative estimate of drug-likeness (QED) is 0.785. The first-order chi connectivity index (χ1) is 9.34. The van der Waals surface area contributed by atoms with E-state index in [4.69, 9.17) is 15.2 Å². The molecule has 0 saturated heterocycles. The Kier molecular flexibility index (Phi) is 6.29.